The second-order valence-electron chi connectivity index (χ2n) is 4.55. The van der Waals surface area contributed by atoms with Crippen LogP contribution in [0.5, 0.6) is 0 Å². The van der Waals surface area contributed by atoms with Gasteiger partial charge in [-0.15, -0.1) is 0 Å². The van der Waals surface area contributed by atoms with Crippen LogP contribution in [0.2, 0.25) is 0 Å². The average Bonchev–Trinajstić information content (AvgIpc) is 2.45. The summed E-state index contributed by atoms with van der Waals surface area (Å²) in [5, 5.41) is 2.53. The second kappa shape index (κ2) is 8.14. The van der Waals surface area contributed by atoms with Crippen LogP contribution < -0.4 is 10.2 Å². The van der Waals surface area contributed by atoms with E-state index in [1.807, 2.05) is 21.0 Å². The van der Waals surface area contributed by atoms with Crippen molar-refractivity contribution in [3.8, 4) is 0 Å². The fraction of sp³-hybridized carbons (Fsp3) is 0.500. The summed E-state index contributed by atoms with van der Waals surface area (Å²) in [7, 11) is 3.68. The van der Waals surface area contributed by atoms with Crippen molar-refractivity contribution >= 4 is 17.7 Å². The molecular formula is C14H21N3O3. The van der Waals surface area contributed by atoms with Gasteiger partial charge in [0.2, 0.25) is 0 Å². The number of rotatable bonds is 7. The number of ether oxygens (including phenoxy) is 1. The van der Waals surface area contributed by atoms with Gasteiger partial charge in [-0.25, -0.2) is 4.98 Å². The highest BCUT2D eigenvalue weighted by Gasteiger charge is 2.10. The van der Waals surface area contributed by atoms with Gasteiger partial charge in [0.1, 0.15) is 12.4 Å². The number of hydrogen-bond acceptors (Lipinski definition) is 5. The molecule has 0 unspecified atom stereocenters. The summed E-state index contributed by atoms with van der Waals surface area (Å²) in [6.07, 6.45) is 3.35. The van der Waals surface area contributed by atoms with E-state index in [0.29, 0.717) is 18.0 Å². The number of esters is 1. The summed E-state index contributed by atoms with van der Waals surface area (Å²) in [5.41, 5.74) is 0.463. The standard InChI is InChI=1S/C14H21N3O3/c1-4-5-8-20-13(18)10-16-14(19)11-6-7-15-12(9-11)17(2)3/h6-7,9H,4-5,8,10H2,1-3H3,(H,16,19). The Balaban J connectivity index is 2.46. The highest BCUT2D eigenvalue weighted by Crippen LogP contribution is 2.09. The first-order valence-electron chi connectivity index (χ1n) is 6.61. The van der Waals surface area contributed by atoms with Crippen LogP contribution in [0.15, 0.2) is 18.3 Å². The molecule has 0 aliphatic heterocycles. The molecule has 0 aliphatic rings. The lowest BCUT2D eigenvalue weighted by Gasteiger charge is -2.12. The predicted octanol–water partition coefficient (Wildman–Crippen LogP) is 1.22. The fourth-order valence-electron chi connectivity index (χ4n) is 1.44. The van der Waals surface area contributed by atoms with E-state index in [4.69, 9.17) is 4.74 Å². The van der Waals surface area contributed by atoms with Crippen molar-refractivity contribution in [2.45, 2.75) is 19.8 Å². The number of nitrogens with zero attached hydrogens (tertiary/aromatic N) is 2. The topological polar surface area (TPSA) is 71.5 Å². The van der Waals surface area contributed by atoms with Gasteiger partial charge in [-0.2, -0.15) is 0 Å². The van der Waals surface area contributed by atoms with Gasteiger partial charge in [0.15, 0.2) is 0 Å². The van der Waals surface area contributed by atoms with Crippen LogP contribution in [0.4, 0.5) is 5.82 Å². The molecule has 20 heavy (non-hydrogen) atoms. The molecule has 0 bridgehead atoms. The van der Waals surface area contributed by atoms with Gasteiger partial charge in [-0.1, -0.05) is 13.3 Å². The molecule has 1 rings (SSSR count). The first-order valence-corrected chi connectivity index (χ1v) is 6.61. The third kappa shape index (κ3) is 5.26. The Morgan fingerprint density at radius 1 is 1.40 bits per heavy atom. The minimum atomic E-state index is -0.423. The highest BCUT2D eigenvalue weighted by molar-refractivity contribution is 5.96. The maximum Gasteiger partial charge on any atom is 0.325 e. The van der Waals surface area contributed by atoms with Gasteiger partial charge in [-0.3, -0.25) is 9.59 Å². The van der Waals surface area contributed by atoms with E-state index in [9.17, 15) is 9.59 Å². The fourth-order valence-corrected chi connectivity index (χ4v) is 1.44. The number of carbonyl (C=O) groups excluding carboxylic acids is 2. The van der Waals surface area contributed by atoms with Gasteiger partial charge in [0.05, 0.1) is 6.61 Å². The van der Waals surface area contributed by atoms with Gasteiger partial charge >= 0.3 is 5.97 Å². The SMILES string of the molecule is CCCCOC(=O)CNC(=O)c1ccnc(N(C)C)c1. The van der Waals surface area contributed by atoms with E-state index in [-0.39, 0.29) is 12.5 Å². The Hall–Kier alpha value is -2.11. The average molecular weight is 279 g/mol. The normalized spacial score (nSPS) is 9.95. The number of pyridine rings is 1. The van der Waals surface area contributed by atoms with E-state index in [2.05, 4.69) is 10.3 Å². The van der Waals surface area contributed by atoms with Gasteiger partial charge < -0.3 is 15.0 Å². The Morgan fingerprint density at radius 3 is 2.80 bits per heavy atom. The Kier molecular flexibility index (Phi) is 6.49. The molecule has 0 aromatic carbocycles. The zero-order valence-corrected chi connectivity index (χ0v) is 12.2. The predicted molar refractivity (Wildman–Crippen MR) is 76.8 cm³/mol. The molecule has 1 heterocycles. The highest BCUT2D eigenvalue weighted by atomic mass is 16.5. The summed E-state index contributed by atoms with van der Waals surface area (Å²) in [6.45, 7) is 2.29. The van der Waals surface area contributed by atoms with Crippen LogP contribution >= 0.6 is 0 Å². The molecule has 6 heteroatoms. The van der Waals surface area contributed by atoms with Crippen molar-refractivity contribution in [3.05, 3.63) is 23.9 Å². The Bertz CT molecular complexity index is 461. The zero-order valence-electron chi connectivity index (χ0n) is 12.2. The van der Waals surface area contributed by atoms with Crippen molar-refractivity contribution in [2.75, 3.05) is 32.1 Å². The maximum atomic E-state index is 11.9. The molecule has 0 aliphatic carbocycles. The van der Waals surface area contributed by atoms with Gasteiger partial charge in [-0.05, 0) is 18.6 Å². The lowest BCUT2D eigenvalue weighted by molar-refractivity contribution is -0.142. The monoisotopic (exact) mass is 279 g/mol. The zero-order chi connectivity index (χ0) is 15.0. The molecule has 0 saturated heterocycles. The van der Waals surface area contributed by atoms with Crippen LogP contribution in [0, 0.1) is 0 Å². The van der Waals surface area contributed by atoms with Gasteiger partial charge in [0, 0.05) is 25.9 Å². The molecule has 0 fully saturated rings. The number of amides is 1. The summed E-state index contributed by atoms with van der Waals surface area (Å²) >= 11 is 0. The number of nitrogens with one attached hydrogen (secondary N) is 1. The molecule has 110 valence electrons. The summed E-state index contributed by atoms with van der Waals surface area (Å²) < 4.78 is 4.96. The lowest BCUT2D eigenvalue weighted by Crippen LogP contribution is -2.31. The van der Waals surface area contributed by atoms with Crippen LogP contribution in [-0.4, -0.2) is 44.1 Å². The summed E-state index contributed by atoms with van der Waals surface area (Å²) in [6, 6.07) is 3.27. The number of carbonyl (C=O) groups is 2. The first-order chi connectivity index (χ1) is 9.54. The van der Waals surface area contributed by atoms with E-state index in [0.717, 1.165) is 12.8 Å². The van der Waals surface area contributed by atoms with Crippen LogP contribution in [0.25, 0.3) is 0 Å². The Morgan fingerprint density at radius 2 is 2.15 bits per heavy atom. The van der Waals surface area contributed by atoms with Crippen LogP contribution in [0.3, 0.4) is 0 Å². The van der Waals surface area contributed by atoms with E-state index in [1.54, 1.807) is 23.2 Å². The minimum Gasteiger partial charge on any atom is -0.464 e. The molecule has 1 aromatic heterocycles. The smallest absolute Gasteiger partial charge is 0.325 e. The molecule has 1 amide bonds. The van der Waals surface area contributed by atoms with Gasteiger partial charge in [0.25, 0.3) is 5.91 Å². The maximum absolute atomic E-state index is 11.9. The number of unbranched alkanes of at least 4 members (excludes halogenated alkanes) is 1. The molecule has 6 nitrogen and oxygen atoms in total. The molecular weight excluding hydrogens is 258 g/mol. The molecule has 1 aromatic rings. The van der Waals surface area contributed by atoms with Crippen molar-refractivity contribution in [1.82, 2.24) is 10.3 Å². The van der Waals surface area contributed by atoms with E-state index in [1.165, 1.54) is 0 Å². The number of hydrogen-bond donors (Lipinski definition) is 1. The quantitative estimate of drug-likeness (QED) is 0.600. The number of aromatic nitrogens is 1. The van der Waals surface area contributed by atoms with Crippen LogP contribution in [-0.2, 0) is 9.53 Å². The first kappa shape index (κ1) is 15.9. The molecule has 0 spiro atoms. The Labute approximate surface area is 119 Å². The molecule has 0 saturated carbocycles. The van der Waals surface area contributed by atoms with E-state index < -0.39 is 5.97 Å². The molecule has 1 N–H and O–H groups in total. The molecule has 0 radical (unpaired) electrons. The third-order valence-corrected chi connectivity index (χ3v) is 2.62. The van der Waals surface area contributed by atoms with E-state index >= 15 is 0 Å². The summed E-state index contributed by atoms with van der Waals surface area (Å²) in [4.78, 5) is 29.2. The third-order valence-electron chi connectivity index (χ3n) is 2.62. The summed E-state index contributed by atoms with van der Waals surface area (Å²) in [5.74, 6) is -0.0557. The lowest BCUT2D eigenvalue weighted by atomic mass is 10.2. The van der Waals surface area contributed by atoms with Crippen LogP contribution in [0.1, 0.15) is 30.1 Å². The molecule has 0 atom stereocenters. The second-order valence-corrected chi connectivity index (χ2v) is 4.55. The van der Waals surface area contributed by atoms with Crippen molar-refractivity contribution in [3.63, 3.8) is 0 Å². The van der Waals surface area contributed by atoms with Crippen molar-refractivity contribution in [2.24, 2.45) is 0 Å². The number of anilines is 1. The van der Waals surface area contributed by atoms with Crippen molar-refractivity contribution in [1.29, 1.82) is 0 Å². The largest absolute Gasteiger partial charge is 0.464 e. The minimum absolute atomic E-state index is 0.123. The van der Waals surface area contributed by atoms with Crippen molar-refractivity contribution < 1.29 is 14.3 Å².